The molecule has 0 saturated carbocycles. The van der Waals surface area contributed by atoms with Crippen LogP contribution in [-0.2, 0) is 16.0 Å². The molecule has 1 rings (SSSR count). The molecule has 0 heterocycles. The Morgan fingerprint density at radius 2 is 1.89 bits per heavy atom. The summed E-state index contributed by atoms with van der Waals surface area (Å²) in [4.78, 5) is 22.8. The largest absolute Gasteiger partial charge is 0.354 e. The van der Waals surface area contributed by atoms with Crippen LogP contribution in [0.15, 0.2) is 24.3 Å². The van der Waals surface area contributed by atoms with Crippen LogP contribution < -0.4 is 10.6 Å². The average molecular weight is 266 g/mol. The Bertz CT molecular complexity index is 447. The fourth-order valence-electron chi connectivity index (χ4n) is 1.49. The molecule has 5 heteroatoms. The van der Waals surface area contributed by atoms with Crippen LogP contribution in [0.2, 0.25) is 0 Å². The van der Waals surface area contributed by atoms with Gasteiger partial charge in [-0.25, -0.2) is 4.39 Å². The molecule has 0 unspecified atom stereocenters. The summed E-state index contributed by atoms with van der Waals surface area (Å²) in [7, 11) is 0. The summed E-state index contributed by atoms with van der Waals surface area (Å²) in [6.07, 6.45) is 0.135. The summed E-state index contributed by atoms with van der Waals surface area (Å²) in [5.74, 6) is -0.652. The Morgan fingerprint density at radius 3 is 2.53 bits per heavy atom. The lowest BCUT2D eigenvalue weighted by molar-refractivity contribution is -0.124. The number of nitrogens with one attached hydrogen (secondary N) is 2. The van der Waals surface area contributed by atoms with Crippen LogP contribution >= 0.6 is 0 Å². The molecule has 2 N–H and O–H groups in total. The molecule has 4 nitrogen and oxygen atoms in total. The number of hydrogen-bond acceptors (Lipinski definition) is 2. The molecule has 0 aliphatic rings. The first-order chi connectivity index (χ1) is 8.99. The molecule has 1 aromatic carbocycles. The standard InChI is InChI=1S/C14H19FN2O2/c1-10(2)14(19)17-7-6-16-13(18)9-11-4-3-5-12(15)8-11/h3-5,8,10H,6-7,9H2,1-2H3,(H,16,18)(H,17,19). The highest BCUT2D eigenvalue weighted by molar-refractivity contribution is 5.79. The van der Waals surface area contributed by atoms with E-state index in [2.05, 4.69) is 10.6 Å². The third-order valence-corrected chi connectivity index (χ3v) is 2.52. The van der Waals surface area contributed by atoms with Crippen LogP contribution in [0, 0.1) is 11.7 Å². The molecule has 104 valence electrons. The first kappa shape index (κ1) is 15.1. The van der Waals surface area contributed by atoms with Crippen molar-refractivity contribution in [3.63, 3.8) is 0 Å². The SMILES string of the molecule is CC(C)C(=O)NCCNC(=O)Cc1cccc(F)c1. The molecule has 2 amide bonds. The van der Waals surface area contributed by atoms with Gasteiger partial charge < -0.3 is 10.6 Å². The van der Waals surface area contributed by atoms with E-state index in [1.165, 1.54) is 12.1 Å². The summed E-state index contributed by atoms with van der Waals surface area (Å²) >= 11 is 0. The van der Waals surface area contributed by atoms with Crippen molar-refractivity contribution >= 4 is 11.8 Å². The number of rotatable bonds is 6. The molecular weight excluding hydrogens is 247 g/mol. The van der Waals surface area contributed by atoms with Gasteiger partial charge >= 0.3 is 0 Å². The highest BCUT2D eigenvalue weighted by Crippen LogP contribution is 2.03. The maximum atomic E-state index is 12.9. The number of halogens is 1. The van der Waals surface area contributed by atoms with Crippen LogP contribution in [0.5, 0.6) is 0 Å². The highest BCUT2D eigenvalue weighted by Gasteiger charge is 2.06. The summed E-state index contributed by atoms with van der Waals surface area (Å²) < 4.78 is 12.9. The van der Waals surface area contributed by atoms with Crippen molar-refractivity contribution in [3.8, 4) is 0 Å². The van der Waals surface area contributed by atoms with Gasteiger partial charge in [0.15, 0.2) is 0 Å². The van der Waals surface area contributed by atoms with Gasteiger partial charge in [-0.15, -0.1) is 0 Å². The molecule has 0 fully saturated rings. The fraction of sp³-hybridized carbons (Fsp3) is 0.429. The lowest BCUT2D eigenvalue weighted by Gasteiger charge is -2.08. The van der Waals surface area contributed by atoms with E-state index in [-0.39, 0.29) is 30.0 Å². The summed E-state index contributed by atoms with van der Waals surface area (Å²) in [5.41, 5.74) is 0.628. The second-order valence-corrected chi connectivity index (χ2v) is 4.60. The van der Waals surface area contributed by atoms with Crippen LogP contribution in [0.4, 0.5) is 4.39 Å². The zero-order valence-electron chi connectivity index (χ0n) is 11.2. The van der Waals surface area contributed by atoms with E-state index in [0.717, 1.165) is 0 Å². The number of carbonyl (C=O) groups is 2. The minimum Gasteiger partial charge on any atom is -0.354 e. The summed E-state index contributed by atoms with van der Waals surface area (Å²) in [5, 5.41) is 5.37. The second kappa shape index (κ2) is 7.51. The molecule has 0 aromatic heterocycles. The lowest BCUT2D eigenvalue weighted by Crippen LogP contribution is -2.36. The van der Waals surface area contributed by atoms with E-state index in [4.69, 9.17) is 0 Å². The summed E-state index contributed by atoms with van der Waals surface area (Å²) in [6.45, 7) is 4.37. The lowest BCUT2D eigenvalue weighted by atomic mass is 10.1. The zero-order chi connectivity index (χ0) is 14.3. The molecule has 0 radical (unpaired) electrons. The monoisotopic (exact) mass is 266 g/mol. The van der Waals surface area contributed by atoms with Gasteiger partial charge in [0.2, 0.25) is 11.8 Å². The van der Waals surface area contributed by atoms with Gasteiger partial charge in [0.05, 0.1) is 6.42 Å². The predicted octanol–water partition coefficient (Wildman–Crippen LogP) is 1.26. The highest BCUT2D eigenvalue weighted by atomic mass is 19.1. The van der Waals surface area contributed by atoms with E-state index >= 15 is 0 Å². The van der Waals surface area contributed by atoms with Crippen molar-refractivity contribution in [2.75, 3.05) is 13.1 Å². The van der Waals surface area contributed by atoms with Crippen molar-refractivity contribution in [1.29, 1.82) is 0 Å². The van der Waals surface area contributed by atoms with Gasteiger partial charge in [-0.2, -0.15) is 0 Å². The molecule has 0 atom stereocenters. The minimum atomic E-state index is -0.352. The number of hydrogen-bond donors (Lipinski definition) is 2. The fourth-order valence-corrected chi connectivity index (χ4v) is 1.49. The maximum Gasteiger partial charge on any atom is 0.224 e. The third kappa shape index (κ3) is 5.99. The Morgan fingerprint density at radius 1 is 1.21 bits per heavy atom. The average Bonchev–Trinajstić information content (AvgIpc) is 2.34. The van der Waals surface area contributed by atoms with E-state index in [1.807, 2.05) is 0 Å². The number of benzene rings is 1. The molecule has 0 aliphatic heterocycles. The van der Waals surface area contributed by atoms with Crippen molar-refractivity contribution in [3.05, 3.63) is 35.6 Å². The van der Waals surface area contributed by atoms with Gasteiger partial charge in [-0.1, -0.05) is 26.0 Å². The third-order valence-electron chi connectivity index (χ3n) is 2.52. The molecule has 0 saturated heterocycles. The summed E-state index contributed by atoms with van der Waals surface area (Å²) in [6, 6.07) is 5.94. The van der Waals surface area contributed by atoms with Gasteiger partial charge in [0.25, 0.3) is 0 Å². The molecular formula is C14H19FN2O2. The Labute approximate surface area is 112 Å². The molecule has 19 heavy (non-hydrogen) atoms. The minimum absolute atomic E-state index is 0.0422. The first-order valence-corrected chi connectivity index (χ1v) is 6.28. The first-order valence-electron chi connectivity index (χ1n) is 6.28. The van der Waals surface area contributed by atoms with E-state index in [0.29, 0.717) is 18.7 Å². The number of amides is 2. The van der Waals surface area contributed by atoms with Gasteiger partial charge in [0, 0.05) is 19.0 Å². The van der Waals surface area contributed by atoms with Crippen LogP contribution in [-0.4, -0.2) is 24.9 Å². The Kier molecular flexibility index (Phi) is 5.99. The van der Waals surface area contributed by atoms with E-state index in [9.17, 15) is 14.0 Å². The zero-order valence-corrected chi connectivity index (χ0v) is 11.2. The van der Waals surface area contributed by atoms with Gasteiger partial charge in [0.1, 0.15) is 5.82 Å². The smallest absolute Gasteiger partial charge is 0.224 e. The van der Waals surface area contributed by atoms with Crippen molar-refractivity contribution in [2.24, 2.45) is 5.92 Å². The topological polar surface area (TPSA) is 58.2 Å². The molecule has 0 spiro atoms. The van der Waals surface area contributed by atoms with Crippen molar-refractivity contribution in [2.45, 2.75) is 20.3 Å². The molecule has 0 aliphatic carbocycles. The van der Waals surface area contributed by atoms with Crippen LogP contribution in [0.3, 0.4) is 0 Å². The Balaban J connectivity index is 2.23. The van der Waals surface area contributed by atoms with Gasteiger partial charge in [-0.05, 0) is 17.7 Å². The normalized spacial score (nSPS) is 10.3. The maximum absolute atomic E-state index is 12.9. The van der Waals surface area contributed by atoms with Crippen LogP contribution in [0.1, 0.15) is 19.4 Å². The van der Waals surface area contributed by atoms with Gasteiger partial charge in [-0.3, -0.25) is 9.59 Å². The Hall–Kier alpha value is -1.91. The van der Waals surface area contributed by atoms with E-state index in [1.54, 1.807) is 26.0 Å². The van der Waals surface area contributed by atoms with E-state index < -0.39 is 0 Å². The van der Waals surface area contributed by atoms with Crippen LogP contribution in [0.25, 0.3) is 0 Å². The molecule has 1 aromatic rings. The number of carbonyl (C=O) groups excluding carboxylic acids is 2. The van der Waals surface area contributed by atoms with Crippen molar-refractivity contribution in [1.82, 2.24) is 10.6 Å². The predicted molar refractivity (Wildman–Crippen MR) is 71.0 cm³/mol. The quantitative estimate of drug-likeness (QED) is 0.761. The molecule has 0 bridgehead atoms. The second-order valence-electron chi connectivity index (χ2n) is 4.60. The van der Waals surface area contributed by atoms with Crippen molar-refractivity contribution < 1.29 is 14.0 Å².